The third-order valence-electron chi connectivity index (χ3n) is 4.79. The van der Waals surface area contributed by atoms with E-state index in [9.17, 15) is 0 Å². The SMILES string of the molecule is CNCc1ccc(C(=N)OC(=N)c2nc(-c3ccc(SC(C)C)cc3)cnc2C)c(OC)c1. The van der Waals surface area contributed by atoms with Gasteiger partial charge in [-0.15, -0.1) is 11.8 Å². The molecule has 0 bridgehead atoms. The Bertz CT molecular complexity index is 1150. The van der Waals surface area contributed by atoms with Crippen molar-refractivity contribution >= 4 is 23.6 Å². The highest BCUT2D eigenvalue weighted by Gasteiger charge is 2.18. The van der Waals surface area contributed by atoms with Crippen molar-refractivity contribution in [2.75, 3.05) is 14.2 Å². The van der Waals surface area contributed by atoms with E-state index >= 15 is 0 Å². The summed E-state index contributed by atoms with van der Waals surface area (Å²) in [5, 5.41) is 20.4. The number of rotatable bonds is 8. The molecule has 0 saturated carbocycles. The highest BCUT2D eigenvalue weighted by atomic mass is 32.2. The van der Waals surface area contributed by atoms with Gasteiger partial charge in [0.2, 0.25) is 11.8 Å². The number of thioether (sulfide) groups is 1. The molecule has 0 aliphatic rings. The molecule has 2 aromatic carbocycles. The number of nitrogens with zero attached hydrogens (tertiary/aromatic N) is 2. The van der Waals surface area contributed by atoms with Crippen molar-refractivity contribution in [3.8, 4) is 17.0 Å². The van der Waals surface area contributed by atoms with Gasteiger partial charge in [0.05, 0.1) is 30.3 Å². The second-order valence-corrected chi connectivity index (χ2v) is 9.36. The maximum absolute atomic E-state index is 8.44. The third-order valence-corrected chi connectivity index (χ3v) is 5.80. The van der Waals surface area contributed by atoms with Gasteiger partial charge in [-0.3, -0.25) is 15.8 Å². The number of ether oxygens (including phenoxy) is 2. The van der Waals surface area contributed by atoms with E-state index in [1.54, 1.807) is 38.1 Å². The van der Waals surface area contributed by atoms with Gasteiger partial charge < -0.3 is 14.8 Å². The number of aryl methyl sites for hydroxylation is 1. The number of benzene rings is 2. The predicted octanol–water partition coefficient (Wildman–Crippen LogP) is 5.05. The van der Waals surface area contributed by atoms with Crippen molar-refractivity contribution in [2.24, 2.45) is 0 Å². The van der Waals surface area contributed by atoms with Crippen molar-refractivity contribution in [2.45, 2.75) is 37.5 Å². The van der Waals surface area contributed by atoms with E-state index in [4.69, 9.17) is 20.3 Å². The molecule has 0 aliphatic heterocycles. The lowest BCUT2D eigenvalue weighted by atomic mass is 10.1. The lowest BCUT2D eigenvalue weighted by molar-refractivity contribution is 0.410. The van der Waals surface area contributed by atoms with Crippen LogP contribution in [0.25, 0.3) is 11.3 Å². The zero-order valence-corrected chi connectivity index (χ0v) is 20.3. The molecule has 3 aromatic rings. The number of hydrogen-bond acceptors (Lipinski definition) is 8. The molecule has 8 heteroatoms. The minimum atomic E-state index is -0.236. The Kier molecular flexibility index (Phi) is 8.19. The van der Waals surface area contributed by atoms with Crippen LogP contribution >= 0.6 is 11.8 Å². The molecule has 0 atom stereocenters. The Morgan fingerprint density at radius 2 is 1.82 bits per heavy atom. The maximum Gasteiger partial charge on any atom is 0.241 e. The summed E-state index contributed by atoms with van der Waals surface area (Å²) < 4.78 is 11.0. The normalized spacial score (nSPS) is 10.8. The minimum absolute atomic E-state index is 0.186. The second-order valence-electron chi connectivity index (χ2n) is 7.71. The van der Waals surface area contributed by atoms with Crippen LogP contribution < -0.4 is 10.1 Å². The first kappa shape index (κ1) is 24.4. The topological polar surface area (TPSA) is 104 Å². The van der Waals surface area contributed by atoms with Crippen LogP contribution in [-0.2, 0) is 11.3 Å². The summed E-state index contributed by atoms with van der Waals surface area (Å²) in [6.07, 6.45) is 1.69. The summed E-state index contributed by atoms with van der Waals surface area (Å²) in [4.78, 5) is 10.2. The van der Waals surface area contributed by atoms with Crippen molar-refractivity contribution < 1.29 is 9.47 Å². The smallest absolute Gasteiger partial charge is 0.241 e. The monoisotopic (exact) mass is 463 g/mol. The molecule has 7 nitrogen and oxygen atoms in total. The molecular weight excluding hydrogens is 434 g/mol. The molecule has 0 spiro atoms. The Morgan fingerprint density at radius 3 is 2.45 bits per heavy atom. The van der Waals surface area contributed by atoms with Gasteiger partial charge in [0.25, 0.3) is 0 Å². The fourth-order valence-electron chi connectivity index (χ4n) is 3.22. The van der Waals surface area contributed by atoms with Crippen LogP contribution in [0.4, 0.5) is 0 Å². The van der Waals surface area contributed by atoms with Crippen molar-refractivity contribution in [1.29, 1.82) is 10.8 Å². The van der Waals surface area contributed by atoms with Crippen LogP contribution in [0, 0.1) is 17.7 Å². The molecule has 3 N–H and O–H groups in total. The Morgan fingerprint density at radius 1 is 1.09 bits per heavy atom. The maximum atomic E-state index is 8.44. The summed E-state index contributed by atoms with van der Waals surface area (Å²) >= 11 is 1.80. The fraction of sp³-hybridized carbons (Fsp3) is 0.280. The van der Waals surface area contributed by atoms with Gasteiger partial charge in [-0.1, -0.05) is 32.0 Å². The van der Waals surface area contributed by atoms with Gasteiger partial charge in [-0.25, -0.2) is 4.98 Å². The van der Waals surface area contributed by atoms with Gasteiger partial charge in [-0.2, -0.15) is 0 Å². The van der Waals surface area contributed by atoms with Gasteiger partial charge >= 0.3 is 0 Å². The van der Waals surface area contributed by atoms with E-state index in [1.807, 2.05) is 31.3 Å². The van der Waals surface area contributed by atoms with Gasteiger partial charge in [-0.05, 0) is 43.8 Å². The van der Waals surface area contributed by atoms with E-state index in [-0.39, 0.29) is 11.8 Å². The number of nitrogens with one attached hydrogen (secondary N) is 3. The summed E-state index contributed by atoms with van der Waals surface area (Å²) in [5.41, 5.74) is 3.88. The Hall–Kier alpha value is -3.23. The van der Waals surface area contributed by atoms with Crippen LogP contribution in [0.2, 0.25) is 0 Å². The lowest BCUT2D eigenvalue weighted by Gasteiger charge is -2.14. The van der Waals surface area contributed by atoms with Crippen LogP contribution in [0.15, 0.2) is 53.6 Å². The molecule has 3 rings (SSSR count). The molecule has 0 amide bonds. The van der Waals surface area contributed by atoms with E-state index in [1.165, 1.54) is 4.90 Å². The second kappa shape index (κ2) is 11.1. The van der Waals surface area contributed by atoms with Crippen LogP contribution in [0.1, 0.15) is 36.4 Å². The molecule has 0 radical (unpaired) electrons. The Labute approximate surface area is 199 Å². The quantitative estimate of drug-likeness (QED) is 0.245. The predicted molar refractivity (Wildman–Crippen MR) is 134 cm³/mol. The van der Waals surface area contributed by atoms with Gasteiger partial charge in [0.1, 0.15) is 11.4 Å². The van der Waals surface area contributed by atoms with Crippen molar-refractivity contribution in [1.82, 2.24) is 15.3 Å². The van der Waals surface area contributed by atoms with E-state index in [0.717, 1.165) is 11.1 Å². The molecule has 0 aliphatic carbocycles. The Balaban J connectivity index is 1.81. The molecule has 0 fully saturated rings. The standard InChI is InChI=1S/C25H29N5O2S/c1-15(2)33-19-9-7-18(8-10-19)21-14-29-16(3)23(30-21)25(27)32-24(26)20-11-6-17(13-28-4)12-22(20)31-5/h6-12,14-15,26-28H,13H2,1-5H3. The summed E-state index contributed by atoms with van der Waals surface area (Å²) in [7, 11) is 3.41. The minimum Gasteiger partial charge on any atom is -0.496 e. The number of hydrogen-bond donors (Lipinski definition) is 3. The molecule has 0 unspecified atom stereocenters. The summed E-state index contributed by atoms with van der Waals surface area (Å²) in [6, 6.07) is 13.6. The molecule has 1 heterocycles. The highest BCUT2D eigenvalue weighted by molar-refractivity contribution is 7.99. The lowest BCUT2D eigenvalue weighted by Crippen LogP contribution is -2.17. The average molecular weight is 464 g/mol. The van der Waals surface area contributed by atoms with E-state index < -0.39 is 0 Å². The largest absolute Gasteiger partial charge is 0.496 e. The average Bonchev–Trinajstić information content (AvgIpc) is 2.79. The third kappa shape index (κ3) is 6.18. The van der Waals surface area contributed by atoms with Crippen molar-refractivity contribution in [3.63, 3.8) is 0 Å². The number of methoxy groups -OCH3 is 1. The van der Waals surface area contributed by atoms with Crippen LogP contribution in [0.5, 0.6) is 5.75 Å². The van der Waals surface area contributed by atoms with Crippen molar-refractivity contribution in [3.05, 3.63) is 71.2 Å². The van der Waals surface area contributed by atoms with E-state index in [0.29, 0.717) is 40.2 Å². The first-order chi connectivity index (χ1) is 15.8. The highest BCUT2D eigenvalue weighted by Crippen LogP contribution is 2.26. The number of aromatic nitrogens is 2. The summed E-state index contributed by atoms with van der Waals surface area (Å²) in [5.74, 6) is 0.0891. The first-order valence-corrected chi connectivity index (χ1v) is 11.5. The zero-order chi connectivity index (χ0) is 24.0. The molecule has 0 saturated heterocycles. The van der Waals surface area contributed by atoms with Gasteiger partial charge in [0.15, 0.2) is 0 Å². The molecular formula is C25H29N5O2S. The fourth-order valence-corrected chi connectivity index (χ4v) is 4.06. The first-order valence-electron chi connectivity index (χ1n) is 10.6. The molecule has 33 heavy (non-hydrogen) atoms. The van der Waals surface area contributed by atoms with Gasteiger partial charge in [0, 0.05) is 22.3 Å². The molecule has 1 aromatic heterocycles. The van der Waals surface area contributed by atoms with E-state index in [2.05, 4.69) is 41.3 Å². The zero-order valence-electron chi connectivity index (χ0n) is 19.5. The molecule has 172 valence electrons. The summed E-state index contributed by atoms with van der Waals surface area (Å²) in [6.45, 7) is 6.76. The van der Waals surface area contributed by atoms with Crippen LogP contribution in [0.3, 0.4) is 0 Å². The van der Waals surface area contributed by atoms with Crippen LogP contribution in [-0.4, -0.2) is 41.2 Å².